The number of hydroxylamine groups is 2. The number of hydrogen-bond acceptors (Lipinski definition) is 6. The predicted molar refractivity (Wildman–Crippen MR) is 63.1 cm³/mol. The van der Waals surface area contributed by atoms with Crippen LogP contribution in [0.1, 0.15) is 23.3 Å². The second-order valence-corrected chi connectivity index (χ2v) is 4.78. The Hall–Kier alpha value is -2.62. The van der Waals surface area contributed by atoms with E-state index in [9.17, 15) is 19.6 Å². The monoisotopic (exact) mass is 296 g/mol. The SMILES string of the molecule is COC(=O)[C@@H]1c2nn(CC(=O)O)cc2[C@H]2CN1C(=O)N2O. The first-order chi connectivity index (χ1) is 9.93. The number of carboxylic acid groups (broad SMARTS) is 1. The van der Waals surface area contributed by atoms with Crippen LogP contribution in [0, 0.1) is 0 Å². The van der Waals surface area contributed by atoms with Gasteiger partial charge in [0.15, 0.2) is 6.04 Å². The molecule has 2 aliphatic rings. The highest BCUT2D eigenvalue weighted by atomic mass is 16.5. The van der Waals surface area contributed by atoms with Crippen LogP contribution in [0.5, 0.6) is 0 Å². The van der Waals surface area contributed by atoms with Crippen molar-refractivity contribution >= 4 is 18.0 Å². The molecule has 0 aliphatic carbocycles. The van der Waals surface area contributed by atoms with Gasteiger partial charge < -0.3 is 14.7 Å². The largest absolute Gasteiger partial charge is 0.480 e. The lowest BCUT2D eigenvalue weighted by Crippen LogP contribution is -2.39. The third-order valence-corrected chi connectivity index (χ3v) is 3.58. The molecule has 2 N–H and O–H groups in total. The van der Waals surface area contributed by atoms with E-state index < -0.39 is 30.1 Å². The Bertz CT molecular complexity index is 641. The fourth-order valence-corrected chi connectivity index (χ4v) is 2.69. The summed E-state index contributed by atoms with van der Waals surface area (Å²) in [5.41, 5.74) is 0.667. The van der Waals surface area contributed by atoms with Gasteiger partial charge in [0.05, 0.1) is 13.7 Å². The number of esters is 1. The Morgan fingerprint density at radius 2 is 2.24 bits per heavy atom. The molecule has 2 aliphatic heterocycles. The Morgan fingerprint density at radius 1 is 1.52 bits per heavy atom. The van der Waals surface area contributed by atoms with E-state index in [1.165, 1.54) is 13.3 Å². The summed E-state index contributed by atoms with van der Waals surface area (Å²) in [5, 5.41) is 23.2. The maximum atomic E-state index is 11.9. The zero-order valence-electron chi connectivity index (χ0n) is 11.0. The fraction of sp³-hybridized carbons (Fsp3) is 0.455. The van der Waals surface area contributed by atoms with Gasteiger partial charge in [-0.05, 0) is 0 Å². The standard InChI is InChI=1S/C11H12N4O6/c1-21-10(18)9-8-5(2-13(12-8)4-7(16)17)6-3-14(9)11(19)15(6)20/h2,6,9,20H,3-4H2,1H3,(H,16,17)/t6-,9+/m1/s1. The van der Waals surface area contributed by atoms with Crippen LogP contribution in [0.15, 0.2) is 6.20 Å². The van der Waals surface area contributed by atoms with Crippen LogP contribution in [0.25, 0.3) is 0 Å². The fourth-order valence-electron chi connectivity index (χ4n) is 2.69. The lowest BCUT2D eigenvalue weighted by Gasteiger charge is -2.27. The van der Waals surface area contributed by atoms with E-state index in [0.717, 1.165) is 9.58 Å². The number of methoxy groups -OCH3 is 1. The summed E-state index contributed by atoms with van der Waals surface area (Å²) in [4.78, 5) is 35.7. The van der Waals surface area contributed by atoms with Gasteiger partial charge in [-0.1, -0.05) is 0 Å². The van der Waals surface area contributed by atoms with Crippen LogP contribution in [-0.4, -0.2) is 61.7 Å². The van der Waals surface area contributed by atoms with E-state index in [0.29, 0.717) is 10.6 Å². The number of nitrogens with zero attached hydrogens (tertiary/aromatic N) is 4. The zero-order valence-corrected chi connectivity index (χ0v) is 11.0. The van der Waals surface area contributed by atoms with Crippen molar-refractivity contribution in [3.05, 3.63) is 17.5 Å². The van der Waals surface area contributed by atoms with Crippen molar-refractivity contribution in [3.63, 3.8) is 0 Å². The summed E-state index contributed by atoms with van der Waals surface area (Å²) in [5.74, 6) is -1.79. The van der Waals surface area contributed by atoms with Crippen molar-refractivity contribution in [3.8, 4) is 0 Å². The van der Waals surface area contributed by atoms with Crippen LogP contribution in [0.4, 0.5) is 4.79 Å². The van der Waals surface area contributed by atoms with Gasteiger partial charge >= 0.3 is 18.0 Å². The highest BCUT2D eigenvalue weighted by Gasteiger charge is 2.52. The van der Waals surface area contributed by atoms with Gasteiger partial charge in [-0.2, -0.15) is 10.2 Å². The Morgan fingerprint density at radius 3 is 2.86 bits per heavy atom. The lowest BCUT2D eigenvalue weighted by molar-refractivity contribution is -0.146. The summed E-state index contributed by atoms with van der Waals surface area (Å²) < 4.78 is 5.83. The van der Waals surface area contributed by atoms with Crippen LogP contribution in [-0.2, 0) is 20.9 Å². The molecule has 10 heteroatoms. The second-order valence-electron chi connectivity index (χ2n) is 4.78. The highest BCUT2D eigenvalue weighted by Crippen LogP contribution is 2.42. The van der Waals surface area contributed by atoms with Gasteiger partial charge in [-0.25, -0.2) is 9.59 Å². The number of rotatable bonds is 3. The molecule has 3 rings (SSSR count). The van der Waals surface area contributed by atoms with Gasteiger partial charge in [-0.15, -0.1) is 0 Å². The quantitative estimate of drug-likeness (QED) is 0.561. The van der Waals surface area contributed by atoms with Crippen molar-refractivity contribution < 1.29 is 29.4 Å². The van der Waals surface area contributed by atoms with Crippen molar-refractivity contribution in [1.29, 1.82) is 0 Å². The minimum absolute atomic E-state index is 0.112. The summed E-state index contributed by atoms with van der Waals surface area (Å²) in [6.45, 7) is -0.270. The van der Waals surface area contributed by atoms with E-state index in [-0.39, 0.29) is 18.8 Å². The van der Waals surface area contributed by atoms with Crippen LogP contribution >= 0.6 is 0 Å². The first-order valence-electron chi connectivity index (χ1n) is 6.09. The molecule has 2 bridgehead atoms. The average molecular weight is 296 g/mol. The molecule has 0 spiro atoms. The van der Waals surface area contributed by atoms with E-state index in [1.807, 2.05) is 0 Å². The third kappa shape index (κ3) is 1.83. The number of carbonyl (C=O) groups is 3. The molecule has 2 amide bonds. The first-order valence-corrected chi connectivity index (χ1v) is 6.09. The Kier molecular flexibility index (Phi) is 2.83. The molecule has 0 unspecified atom stereocenters. The normalized spacial score (nSPS) is 23.2. The molecule has 0 aromatic carbocycles. The van der Waals surface area contributed by atoms with Crippen molar-refractivity contribution in [2.75, 3.05) is 13.7 Å². The predicted octanol–water partition coefficient (Wildman–Crippen LogP) is -0.637. The third-order valence-electron chi connectivity index (χ3n) is 3.58. The molecule has 2 atom stereocenters. The van der Waals surface area contributed by atoms with Gasteiger partial charge in [0, 0.05) is 11.8 Å². The zero-order chi connectivity index (χ0) is 15.3. The van der Waals surface area contributed by atoms with Gasteiger partial charge in [0.25, 0.3) is 0 Å². The average Bonchev–Trinajstić information content (AvgIpc) is 2.94. The summed E-state index contributed by atoms with van der Waals surface area (Å²) in [6, 6.07) is -2.46. The van der Waals surface area contributed by atoms with Crippen LogP contribution in [0.3, 0.4) is 0 Å². The maximum absolute atomic E-state index is 11.9. The molecule has 1 saturated heterocycles. The van der Waals surface area contributed by atoms with Crippen molar-refractivity contribution in [2.24, 2.45) is 0 Å². The maximum Gasteiger partial charge on any atom is 0.345 e. The summed E-state index contributed by atoms with van der Waals surface area (Å²) in [6.07, 6.45) is 1.42. The van der Waals surface area contributed by atoms with Gasteiger partial charge in [-0.3, -0.25) is 14.7 Å². The highest BCUT2D eigenvalue weighted by molar-refractivity contribution is 5.87. The summed E-state index contributed by atoms with van der Waals surface area (Å²) in [7, 11) is 1.18. The molecule has 10 nitrogen and oxygen atoms in total. The molecule has 0 radical (unpaired) electrons. The minimum Gasteiger partial charge on any atom is -0.480 e. The van der Waals surface area contributed by atoms with Crippen LogP contribution < -0.4 is 0 Å². The molecule has 112 valence electrons. The molecule has 0 saturated carbocycles. The Labute approximate surface area is 118 Å². The topological polar surface area (TPSA) is 125 Å². The summed E-state index contributed by atoms with van der Waals surface area (Å²) >= 11 is 0. The first kappa shape index (κ1) is 13.4. The number of aromatic nitrogens is 2. The number of carboxylic acids is 1. The van der Waals surface area contributed by atoms with E-state index >= 15 is 0 Å². The molecule has 1 fully saturated rings. The molecule has 3 heterocycles. The number of aliphatic carboxylic acids is 1. The minimum atomic E-state index is -1.09. The molecule has 1 aromatic heterocycles. The number of hydrogen-bond donors (Lipinski definition) is 2. The second kappa shape index (κ2) is 4.45. The smallest absolute Gasteiger partial charge is 0.345 e. The number of amides is 2. The number of ether oxygens (including phenoxy) is 1. The number of urea groups is 1. The molecular formula is C11H12N4O6. The van der Waals surface area contributed by atoms with E-state index in [2.05, 4.69) is 9.84 Å². The molecular weight excluding hydrogens is 284 g/mol. The molecule has 1 aromatic rings. The number of carbonyl (C=O) groups excluding carboxylic acids is 2. The van der Waals surface area contributed by atoms with Gasteiger partial charge in [0.2, 0.25) is 0 Å². The number of fused-ring (bicyclic) bond motifs is 4. The molecule has 21 heavy (non-hydrogen) atoms. The van der Waals surface area contributed by atoms with Gasteiger partial charge in [0.1, 0.15) is 18.3 Å². The Balaban J connectivity index is 2.08. The van der Waals surface area contributed by atoms with Crippen molar-refractivity contribution in [1.82, 2.24) is 19.7 Å². The lowest BCUT2D eigenvalue weighted by atomic mass is 9.98. The van der Waals surface area contributed by atoms with E-state index in [4.69, 9.17) is 5.11 Å². The van der Waals surface area contributed by atoms with Crippen molar-refractivity contribution in [2.45, 2.75) is 18.6 Å². The van der Waals surface area contributed by atoms with E-state index in [1.54, 1.807) is 0 Å². The van der Waals surface area contributed by atoms with Crippen LogP contribution in [0.2, 0.25) is 0 Å².